The van der Waals surface area contributed by atoms with Crippen molar-refractivity contribution in [1.82, 2.24) is 0 Å². The lowest BCUT2D eigenvalue weighted by Gasteiger charge is -2.37. The molecule has 0 saturated carbocycles. The Hall–Kier alpha value is -3.02. The van der Waals surface area contributed by atoms with Crippen LogP contribution >= 0.6 is 0 Å². The van der Waals surface area contributed by atoms with Crippen molar-refractivity contribution in [3.8, 4) is 0 Å². The molecule has 0 aromatic heterocycles. The molecule has 1 N–H and O–H groups in total. The average molecular weight is 339 g/mol. The highest BCUT2D eigenvalue weighted by atomic mass is 16.5. The summed E-state index contributed by atoms with van der Waals surface area (Å²) >= 11 is 0. The van der Waals surface area contributed by atoms with Crippen molar-refractivity contribution in [3.63, 3.8) is 0 Å². The Morgan fingerprint density at radius 2 is 1.36 bits per heavy atom. The summed E-state index contributed by atoms with van der Waals surface area (Å²) in [6.45, 7) is 3.79. The fourth-order valence-electron chi connectivity index (χ4n) is 2.89. The molecule has 3 rings (SSSR count). The Morgan fingerprint density at radius 3 is 1.88 bits per heavy atom. The van der Waals surface area contributed by atoms with Crippen molar-refractivity contribution in [2.24, 2.45) is 0 Å². The maximum absolute atomic E-state index is 11.5. The van der Waals surface area contributed by atoms with Crippen LogP contribution in [0.25, 0.3) is 0 Å². The van der Waals surface area contributed by atoms with Gasteiger partial charge < -0.3 is 19.9 Å². The maximum Gasteiger partial charge on any atom is 0.396 e. The van der Waals surface area contributed by atoms with Gasteiger partial charge in [-0.3, -0.25) is 4.79 Å². The van der Waals surface area contributed by atoms with E-state index in [0.717, 1.165) is 31.9 Å². The minimum atomic E-state index is -0.902. The average Bonchev–Trinajstić information content (AvgIpc) is 2.68. The molecule has 0 aliphatic carbocycles. The second-order valence-corrected chi connectivity index (χ2v) is 5.80. The molecule has 0 spiro atoms. The number of piperazine rings is 1. The predicted octanol–water partition coefficient (Wildman–Crippen LogP) is 2.12. The second kappa shape index (κ2) is 7.70. The SMILES string of the molecule is COC(=O)C(=O)Nc1ccc(N2CCN(c3ccccc3)CC2)cc1. The van der Waals surface area contributed by atoms with E-state index in [1.807, 2.05) is 18.2 Å². The maximum atomic E-state index is 11.5. The van der Waals surface area contributed by atoms with E-state index in [0.29, 0.717) is 5.69 Å². The molecule has 1 saturated heterocycles. The molecule has 0 radical (unpaired) electrons. The number of hydrogen-bond acceptors (Lipinski definition) is 5. The third-order valence-electron chi connectivity index (χ3n) is 4.26. The molecule has 0 atom stereocenters. The molecule has 1 fully saturated rings. The number of nitrogens with zero attached hydrogens (tertiary/aromatic N) is 2. The molecule has 1 aliphatic heterocycles. The molecular weight excluding hydrogens is 318 g/mol. The van der Waals surface area contributed by atoms with Gasteiger partial charge in [0.1, 0.15) is 0 Å². The number of esters is 1. The van der Waals surface area contributed by atoms with Crippen LogP contribution < -0.4 is 15.1 Å². The smallest absolute Gasteiger partial charge is 0.396 e. The van der Waals surface area contributed by atoms with Crippen LogP contribution in [0.3, 0.4) is 0 Å². The summed E-state index contributed by atoms with van der Waals surface area (Å²) in [4.78, 5) is 27.3. The predicted molar refractivity (Wildman–Crippen MR) is 98.0 cm³/mol. The Kier molecular flexibility index (Phi) is 5.18. The first kappa shape index (κ1) is 16.8. The number of anilines is 3. The third kappa shape index (κ3) is 4.09. The molecule has 6 nitrogen and oxygen atoms in total. The lowest BCUT2D eigenvalue weighted by Crippen LogP contribution is -2.46. The number of para-hydroxylation sites is 1. The van der Waals surface area contributed by atoms with E-state index in [1.54, 1.807) is 12.1 Å². The standard InChI is InChI=1S/C19H21N3O3/c1-25-19(24)18(23)20-15-7-9-17(10-8-15)22-13-11-21(12-14-22)16-5-3-2-4-6-16/h2-10H,11-14H2,1H3,(H,20,23). The molecule has 130 valence electrons. The van der Waals surface area contributed by atoms with Gasteiger partial charge in [0.2, 0.25) is 0 Å². The van der Waals surface area contributed by atoms with E-state index in [2.05, 4.69) is 44.1 Å². The zero-order valence-corrected chi connectivity index (χ0v) is 14.1. The first-order valence-electron chi connectivity index (χ1n) is 8.21. The fraction of sp³-hybridized carbons (Fsp3) is 0.263. The Bertz CT molecular complexity index is 723. The highest BCUT2D eigenvalue weighted by Gasteiger charge is 2.18. The third-order valence-corrected chi connectivity index (χ3v) is 4.26. The molecule has 2 aromatic carbocycles. The Labute approximate surface area is 147 Å². The zero-order valence-electron chi connectivity index (χ0n) is 14.1. The van der Waals surface area contributed by atoms with Crippen LogP contribution in [-0.4, -0.2) is 45.2 Å². The number of ether oxygens (including phenoxy) is 1. The molecule has 25 heavy (non-hydrogen) atoms. The highest BCUT2D eigenvalue weighted by molar-refractivity contribution is 6.37. The van der Waals surface area contributed by atoms with Crippen molar-refractivity contribution in [3.05, 3.63) is 54.6 Å². The van der Waals surface area contributed by atoms with Crippen LogP contribution in [-0.2, 0) is 14.3 Å². The van der Waals surface area contributed by atoms with Gasteiger partial charge in [-0.2, -0.15) is 0 Å². The van der Waals surface area contributed by atoms with Gasteiger partial charge in [0.25, 0.3) is 0 Å². The Morgan fingerprint density at radius 1 is 0.840 bits per heavy atom. The van der Waals surface area contributed by atoms with Gasteiger partial charge in [0, 0.05) is 43.2 Å². The summed E-state index contributed by atoms with van der Waals surface area (Å²) in [6.07, 6.45) is 0. The summed E-state index contributed by atoms with van der Waals surface area (Å²) in [5.74, 6) is -1.67. The van der Waals surface area contributed by atoms with Crippen LogP contribution in [0.1, 0.15) is 0 Å². The van der Waals surface area contributed by atoms with Crippen LogP contribution in [0.5, 0.6) is 0 Å². The largest absolute Gasteiger partial charge is 0.462 e. The number of carbonyl (C=O) groups excluding carboxylic acids is 2. The number of benzene rings is 2. The number of carbonyl (C=O) groups is 2. The monoisotopic (exact) mass is 339 g/mol. The van der Waals surface area contributed by atoms with E-state index in [9.17, 15) is 9.59 Å². The number of methoxy groups -OCH3 is 1. The van der Waals surface area contributed by atoms with Crippen molar-refractivity contribution in [1.29, 1.82) is 0 Å². The fourth-order valence-corrected chi connectivity index (χ4v) is 2.89. The number of amides is 1. The topological polar surface area (TPSA) is 61.9 Å². The van der Waals surface area contributed by atoms with Gasteiger partial charge in [-0.25, -0.2) is 4.79 Å². The van der Waals surface area contributed by atoms with Crippen molar-refractivity contribution < 1.29 is 14.3 Å². The van der Waals surface area contributed by atoms with Crippen molar-refractivity contribution in [2.75, 3.05) is 48.4 Å². The van der Waals surface area contributed by atoms with Crippen molar-refractivity contribution >= 4 is 28.9 Å². The number of nitrogens with one attached hydrogen (secondary N) is 1. The van der Waals surface area contributed by atoms with E-state index < -0.39 is 11.9 Å². The zero-order chi connectivity index (χ0) is 17.6. The van der Waals surface area contributed by atoms with Gasteiger partial charge in [-0.05, 0) is 36.4 Å². The van der Waals surface area contributed by atoms with E-state index in [4.69, 9.17) is 0 Å². The number of hydrogen-bond donors (Lipinski definition) is 1. The normalized spacial score (nSPS) is 14.1. The molecule has 6 heteroatoms. The molecule has 1 amide bonds. The van der Waals surface area contributed by atoms with Gasteiger partial charge in [-0.1, -0.05) is 18.2 Å². The molecule has 2 aromatic rings. The van der Waals surface area contributed by atoms with E-state index in [1.165, 1.54) is 12.8 Å². The van der Waals surface area contributed by atoms with Gasteiger partial charge in [0.05, 0.1) is 7.11 Å². The van der Waals surface area contributed by atoms with Crippen molar-refractivity contribution in [2.45, 2.75) is 0 Å². The Balaban J connectivity index is 1.57. The van der Waals surface area contributed by atoms with Gasteiger partial charge in [0.15, 0.2) is 0 Å². The molecule has 1 aliphatic rings. The molecule has 0 bridgehead atoms. The first-order chi connectivity index (χ1) is 12.2. The second-order valence-electron chi connectivity index (χ2n) is 5.80. The van der Waals surface area contributed by atoms with Crippen LogP contribution in [0.2, 0.25) is 0 Å². The first-order valence-corrected chi connectivity index (χ1v) is 8.21. The summed E-state index contributed by atoms with van der Waals surface area (Å²) in [6, 6.07) is 17.9. The van der Waals surface area contributed by atoms with E-state index >= 15 is 0 Å². The quantitative estimate of drug-likeness (QED) is 0.686. The van der Waals surface area contributed by atoms with Crippen LogP contribution in [0.4, 0.5) is 17.1 Å². The highest BCUT2D eigenvalue weighted by Crippen LogP contribution is 2.22. The number of rotatable bonds is 3. The molecule has 0 unspecified atom stereocenters. The lowest BCUT2D eigenvalue weighted by molar-refractivity contribution is -0.150. The van der Waals surface area contributed by atoms with Gasteiger partial charge in [-0.15, -0.1) is 0 Å². The van der Waals surface area contributed by atoms with Gasteiger partial charge >= 0.3 is 11.9 Å². The van der Waals surface area contributed by atoms with E-state index in [-0.39, 0.29) is 0 Å². The van der Waals surface area contributed by atoms with Crippen LogP contribution in [0.15, 0.2) is 54.6 Å². The minimum Gasteiger partial charge on any atom is -0.462 e. The van der Waals surface area contributed by atoms with Crippen LogP contribution in [0, 0.1) is 0 Å². The summed E-state index contributed by atoms with van der Waals surface area (Å²) in [5.41, 5.74) is 2.92. The molecule has 1 heterocycles. The summed E-state index contributed by atoms with van der Waals surface area (Å²) in [7, 11) is 1.18. The molecular formula is C19H21N3O3. The summed E-state index contributed by atoms with van der Waals surface area (Å²) in [5, 5.41) is 2.51. The summed E-state index contributed by atoms with van der Waals surface area (Å²) < 4.78 is 4.39. The lowest BCUT2D eigenvalue weighted by atomic mass is 10.2. The minimum absolute atomic E-state index is 0.571.